The van der Waals surface area contributed by atoms with Gasteiger partial charge in [0.25, 0.3) is 0 Å². The van der Waals surface area contributed by atoms with Crippen LogP contribution in [0.15, 0.2) is 0 Å². The van der Waals surface area contributed by atoms with Crippen molar-refractivity contribution in [3.63, 3.8) is 0 Å². The van der Waals surface area contributed by atoms with Crippen LogP contribution < -0.4 is 11.1 Å². The molecule has 0 bridgehead atoms. The maximum Gasteiger partial charge on any atom is 0.326 e. The van der Waals surface area contributed by atoms with E-state index < -0.39 is 30.4 Å². The number of rotatable bonds is 6. The van der Waals surface area contributed by atoms with Gasteiger partial charge in [0.15, 0.2) is 0 Å². The number of nitrogens with two attached hydrogens (primary N) is 1. The normalized spacial score (nSPS) is 18.0. The second kappa shape index (κ2) is 7.82. The number of amides is 3. The van der Waals surface area contributed by atoms with Crippen LogP contribution in [0.2, 0.25) is 0 Å². The highest BCUT2D eigenvalue weighted by Gasteiger charge is 2.25. The molecule has 8 nitrogen and oxygen atoms in total. The fourth-order valence-corrected chi connectivity index (χ4v) is 2.38. The number of urea groups is 1. The molecule has 8 heteroatoms. The monoisotopic (exact) mass is 300 g/mol. The van der Waals surface area contributed by atoms with Crippen LogP contribution in [0.4, 0.5) is 4.79 Å². The van der Waals surface area contributed by atoms with Gasteiger partial charge < -0.3 is 26.0 Å². The van der Waals surface area contributed by atoms with E-state index in [0.717, 1.165) is 25.9 Å². The van der Waals surface area contributed by atoms with Crippen LogP contribution in [0, 0.1) is 5.92 Å². The molecule has 0 aliphatic carbocycles. The lowest BCUT2D eigenvalue weighted by molar-refractivity contribution is -0.140. The largest absolute Gasteiger partial charge is 0.480 e. The minimum Gasteiger partial charge on any atom is -0.480 e. The number of likely N-dealkylation sites (tertiary alicyclic amines) is 1. The van der Waals surface area contributed by atoms with Gasteiger partial charge in [0.2, 0.25) is 5.91 Å². The summed E-state index contributed by atoms with van der Waals surface area (Å²) in [6.07, 6.45) is 1.61. The average molecular weight is 300 g/mol. The number of primary amides is 1. The summed E-state index contributed by atoms with van der Waals surface area (Å²) in [5, 5.41) is 11.3. The van der Waals surface area contributed by atoms with Crippen LogP contribution in [-0.4, -0.2) is 72.6 Å². The average Bonchev–Trinajstić information content (AvgIpc) is 2.39. The van der Waals surface area contributed by atoms with Gasteiger partial charge in [0, 0.05) is 13.6 Å². The van der Waals surface area contributed by atoms with Gasteiger partial charge in [-0.25, -0.2) is 9.59 Å². The summed E-state index contributed by atoms with van der Waals surface area (Å²) >= 11 is 0. The number of hydrogen-bond acceptors (Lipinski definition) is 4. The molecule has 120 valence electrons. The SMILES string of the molecule is CN1CCC(CN(C)C(=O)N[C@@H](CC(N)=O)C(=O)O)CC1. The molecule has 0 aromatic carbocycles. The number of nitrogens with zero attached hydrogens (tertiary/aromatic N) is 2. The van der Waals surface area contributed by atoms with E-state index in [2.05, 4.69) is 17.3 Å². The molecule has 1 aliphatic heterocycles. The lowest BCUT2D eigenvalue weighted by Crippen LogP contribution is -2.49. The Kier molecular flexibility index (Phi) is 6.41. The third kappa shape index (κ3) is 5.99. The minimum absolute atomic E-state index is 0.413. The van der Waals surface area contributed by atoms with Crippen molar-refractivity contribution in [1.29, 1.82) is 0 Å². The first-order valence-corrected chi connectivity index (χ1v) is 7.01. The Hall–Kier alpha value is -1.83. The summed E-state index contributed by atoms with van der Waals surface area (Å²) in [5.74, 6) is -1.62. The summed E-state index contributed by atoms with van der Waals surface area (Å²) in [6, 6.07) is -1.78. The maximum absolute atomic E-state index is 12.0. The summed E-state index contributed by atoms with van der Waals surface area (Å²) in [4.78, 5) is 37.4. The van der Waals surface area contributed by atoms with Gasteiger partial charge in [-0.15, -0.1) is 0 Å². The minimum atomic E-state index is -1.28. The van der Waals surface area contributed by atoms with Gasteiger partial charge in [-0.05, 0) is 38.9 Å². The summed E-state index contributed by atoms with van der Waals surface area (Å²) in [6.45, 7) is 2.57. The summed E-state index contributed by atoms with van der Waals surface area (Å²) < 4.78 is 0. The van der Waals surface area contributed by atoms with Crippen LogP contribution in [0.25, 0.3) is 0 Å². The topological polar surface area (TPSA) is 116 Å². The number of aliphatic carboxylic acids is 1. The first kappa shape index (κ1) is 17.2. The van der Waals surface area contributed by atoms with Gasteiger partial charge in [0.1, 0.15) is 6.04 Å². The maximum atomic E-state index is 12.0. The molecule has 0 spiro atoms. The molecule has 1 fully saturated rings. The Morgan fingerprint density at radius 1 is 1.38 bits per heavy atom. The summed E-state index contributed by atoms with van der Waals surface area (Å²) in [7, 11) is 3.69. The molecule has 0 aromatic heterocycles. The van der Waals surface area contributed by atoms with Gasteiger partial charge in [0.05, 0.1) is 6.42 Å². The Balaban J connectivity index is 2.45. The van der Waals surface area contributed by atoms with Crippen molar-refractivity contribution in [3.8, 4) is 0 Å². The lowest BCUT2D eigenvalue weighted by atomic mass is 9.97. The Morgan fingerprint density at radius 2 is 1.95 bits per heavy atom. The third-order valence-electron chi connectivity index (χ3n) is 3.72. The molecular weight excluding hydrogens is 276 g/mol. The van der Waals surface area contributed by atoms with Gasteiger partial charge in [-0.1, -0.05) is 0 Å². The molecule has 1 rings (SSSR count). The molecule has 4 N–H and O–H groups in total. The zero-order valence-corrected chi connectivity index (χ0v) is 12.5. The zero-order chi connectivity index (χ0) is 16.0. The number of nitrogens with one attached hydrogen (secondary N) is 1. The van der Waals surface area contributed by atoms with Gasteiger partial charge in [-0.2, -0.15) is 0 Å². The smallest absolute Gasteiger partial charge is 0.326 e. The molecule has 1 atom stereocenters. The quantitative estimate of drug-likeness (QED) is 0.600. The fourth-order valence-electron chi connectivity index (χ4n) is 2.38. The molecule has 1 aliphatic rings. The van der Waals surface area contributed by atoms with Crippen LogP contribution in [0.5, 0.6) is 0 Å². The molecule has 3 amide bonds. The standard InChI is InChI=1S/C13H24N4O4/c1-16-5-3-9(4-6-16)8-17(2)13(21)15-10(12(19)20)7-11(14)18/h9-10H,3-8H2,1-2H3,(H2,14,18)(H,15,21)(H,19,20)/t10-/m0/s1. The van der Waals surface area contributed by atoms with Crippen molar-refractivity contribution in [2.24, 2.45) is 11.7 Å². The number of carbonyl (C=O) groups is 3. The molecule has 0 radical (unpaired) electrons. The number of carbonyl (C=O) groups excluding carboxylic acids is 2. The number of hydrogen-bond donors (Lipinski definition) is 3. The van der Waals surface area contributed by atoms with Crippen LogP contribution in [0.1, 0.15) is 19.3 Å². The van der Waals surface area contributed by atoms with E-state index in [-0.39, 0.29) is 0 Å². The highest BCUT2D eigenvalue weighted by Crippen LogP contribution is 2.16. The van der Waals surface area contributed by atoms with E-state index in [4.69, 9.17) is 10.8 Å². The second-order valence-electron chi connectivity index (χ2n) is 5.64. The predicted molar refractivity (Wildman–Crippen MR) is 76.6 cm³/mol. The van der Waals surface area contributed by atoms with E-state index >= 15 is 0 Å². The summed E-state index contributed by atoms with van der Waals surface area (Å²) in [5.41, 5.74) is 4.97. The second-order valence-corrected chi connectivity index (χ2v) is 5.64. The highest BCUT2D eigenvalue weighted by molar-refractivity contribution is 5.87. The molecule has 0 unspecified atom stereocenters. The van der Waals surface area contributed by atoms with Crippen LogP contribution in [0.3, 0.4) is 0 Å². The Morgan fingerprint density at radius 3 is 2.43 bits per heavy atom. The predicted octanol–water partition coefficient (Wildman–Crippen LogP) is -0.702. The van der Waals surface area contributed by atoms with E-state index in [1.165, 1.54) is 4.90 Å². The molecule has 1 heterocycles. The molecular formula is C13H24N4O4. The third-order valence-corrected chi connectivity index (χ3v) is 3.72. The number of carboxylic acids is 1. The van der Waals surface area contributed by atoms with Gasteiger partial charge >= 0.3 is 12.0 Å². The highest BCUT2D eigenvalue weighted by atomic mass is 16.4. The first-order valence-electron chi connectivity index (χ1n) is 7.01. The van der Waals surface area contributed by atoms with Crippen molar-refractivity contribution in [1.82, 2.24) is 15.1 Å². The van der Waals surface area contributed by atoms with Crippen molar-refractivity contribution in [2.75, 3.05) is 33.7 Å². The zero-order valence-electron chi connectivity index (χ0n) is 12.5. The van der Waals surface area contributed by atoms with Crippen molar-refractivity contribution >= 4 is 17.9 Å². The van der Waals surface area contributed by atoms with E-state index in [9.17, 15) is 14.4 Å². The van der Waals surface area contributed by atoms with Crippen molar-refractivity contribution in [3.05, 3.63) is 0 Å². The van der Waals surface area contributed by atoms with Crippen molar-refractivity contribution < 1.29 is 19.5 Å². The van der Waals surface area contributed by atoms with Crippen LogP contribution in [-0.2, 0) is 9.59 Å². The van der Waals surface area contributed by atoms with E-state index in [1.807, 2.05) is 0 Å². The Labute approximate surface area is 124 Å². The van der Waals surface area contributed by atoms with E-state index in [0.29, 0.717) is 12.5 Å². The van der Waals surface area contributed by atoms with Crippen LogP contribution >= 0.6 is 0 Å². The Bertz CT molecular complexity index is 394. The van der Waals surface area contributed by atoms with Crippen molar-refractivity contribution in [2.45, 2.75) is 25.3 Å². The molecule has 0 aromatic rings. The molecule has 21 heavy (non-hydrogen) atoms. The molecule has 1 saturated heterocycles. The first-order chi connectivity index (χ1) is 9.79. The molecule has 0 saturated carbocycles. The van der Waals surface area contributed by atoms with Gasteiger partial charge in [-0.3, -0.25) is 4.79 Å². The van der Waals surface area contributed by atoms with E-state index in [1.54, 1.807) is 7.05 Å². The number of piperidine rings is 1. The lowest BCUT2D eigenvalue weighted by Gasteiger charge is -2.32. The fraction of sp³-hybridized carbons (Fsp3) is 0.769. The number of carboxylic acid groups (broad SMARTS) is 1.